The van der Waals surface area contributed by atoms with E-state index in [4.69, 9.17) is 4.74 Å². The predicted molar refractivity (Wildman–Crippen MR) is 187 cm³/mol. The van der Waals surface area contributed by atoms with E-state index >= 15 is 0 Å². The first-order chi connectivity index (χ1) is 23.6. The molecule has 0 spiro atoms. The van der Waals surface area contributed by atoms with Gasteiger partial charge in [-0.25, -0.2) is 22.9 Å². The van der Waals surface area contributed by atoms with Gasteiger partial charge in [-0.1, -0.05) is 36.4 Å². The number of halogens is 2. The number of benzene rings is 3. The summed E-state index contributed by atoms with van der Waals surface area (Å²) in [6, 6.07) is 18.6. The minimum absolute atomic E-state index is 0.226. The van der Waals surface area contributed by atoms with Crippen molar-refractivity contribution in [2.24, 2.45) is 0 Å². The van der Waals surface area contributed by atoms with Crippen molar-refractivity contribution in [1.29, 1.82) is 0 Å². The van der Waals surface area contributed by atoms with Crippen LogP contribution in [0.3, 0.4) is 0 Å². The van der Waals surface area contributed by atoms with Gasteiger partial charge in [-0.15, -0.1) is 11.3 Å². The Morgan fingerprint density at radius 1 is 0.918 bits per heavy atom. The minimum Gasteiger partial charge on any atom is -0.466 e. The van der Waals surface area contributed by atoms with Crippen molar-refractivity contribution in [3.63, 3.8) is 0 Å². The fourth-order valence-corrected chi connectivity index (χ4v) is 6.86. The highest BCUT2D eigenvalue weighted by molar-refractivity contribution is 7.22. The Kier molecular flexibility index (Phi) is 11.4. The zero-order valence-corrected chi connectivity index (χ0v) is 28.2. The first kappa shape index (κ1) is 35.2. The van der Waals surface area contributed by atoms with Gasteiger partial charge in [0.1, 0.15) is 16.5 Å². The molecule has 13 heteroatoms. The Bertz CT molecular complexity index is 2060. The average molecular weight is 690 g/mol. The molecule has 0 radical (unpaired) electrons. The molecule has 2 aromatic heterocycles. The number of ether oxygens (including phenoxy) is 1. The highest BCUT2D eigenvalue weighted by Crippen LogP contribution is 2.38. The molecule has 2 heterocycles. The van der Waals surface area contributed by atoms with Gasteiger partial charge in [0.25, 0.3) is 5.56 Å². The summed E-state index contributed by atoms with van der Waals surface area (Å²) >= 11 is 1.18. The van der Waals surface area contributed by atoms with E-state index in [0.29, 0.717) is 53.5 Å². The van der Waals surface area contributed by atoms with Gasteiger partial charge in [0.05, 0.1) is 24.2 Å². The van der Waals surface area contributed by atoms with Gasteiger partial charge in [-0.3, -0.25) is 14.2 Å². The quantitative estimate of drug-likeness (QED) is 0.144. The number of aromatic nitrogens is 2. The van der Waals surface area contributed by atoms with Crippen molar-refractivity contribution in [2.75, 3.05) is 32.1 Å². The number of anilines is 1. The van der Waals surface area contributed by atoms with Gasteiger partial charge in [0.2, 0.25) is 0 Å². The van der Waals surface area contributed by atoms with Crippen LogP contribution >= 0.6 is 11.3 Å². The Morgan fingerprint density at radius 3 is 2.27 bits per heavy atom. The lowest BCUT2D eigenvalue weighted by atomic mass is 10.1. The lowest BCUT2D eigenvalue weighted by molar-refractivity contribution is -0.143. The molecule has 0 bridgehead atoms. The summed E-state index contributed by atoms with van der Waals surface area (Å²) in [7, 11) is 1.86. The lowest BCUT2D eigenvalue weighted by Gasteiger charge is -2.18. The van der Waals surface area contributed by atoms with Crippen LogP contribution in [0.2, 0.25) is 0 Å². The zero-order chi connectivity index (χ0) is 35.1. The van der Waals surface area contributed by atoms with E-state index in [0.717, 1.165) is 16.7 Å². The fraction of sp³-hybridized carbons (Fsp3) is 0.278. The van der Waals surface area contributed by atoms with Crippen molar-refractivity contribution in [1.82, 2.24) is 19.4 Å². The normalized spacial score (nSPS) is 11.2. The molecular weight excluding hydrogens is 652 g/mol. The zero-order valence-electron chi connectivity index (χ0n) is 27.4. The summed E-state index contributed by atoms with van der Waals surface area (Å²) in [4.78, 5) is 55.5. The minimum atomic E-state index is -0.814. The molecule has 5 aromatic rings. The number of esters is 1. The second kappa shape index (κ2) is 15.8. The number of thiophene rings is 1. The van der Waals surface area contributed by atoms with Crippen LogP contribution in [-0.4, -0.2) is 52.8 Å². The largest absolute Gasteiger partial charge is 0.466 e. The van der Waals surface area contributed by atoms with Crippen LogP contribution < -0.4 is 21.9 Å². The number of fused-ring (bicyclic) bond motifs is 1. The standard InChI is InChI=1S/C36H37F2N5O5S/c1-4-39-35(46)40-24-18-16-23(17-19-24)32-27(21-41(3)20-10-15-30(44)48-5-2)31-33(45)43(25-11-7-6-8-12-25)36(47)42(34(31)49-32)22-26-28(37)13-9-14-29(26)38/h6-9,11-14,16-19H,4-5,10,15,20-22H2,1-3H3,(H2,39,40,46). The monoisotopic (exact) mass is 689 g/mol. The number of urea groups is 1. The molecule has 10 nitrogen and oxygen atoms in total. The number of carbonyl (C=O) groups is 2. The van der Waals surface area contributed by atoms with E-state index in [9.17, 15) is 28.0 Å². The van der Waals surface area contributed by atoms with Crippen molar-refractivity contribution in [3.8, 4) is 16.1 Å². The number of para-hydroxylation sites is 1. The maximum absolute atomic E-state index is 15.0. The molecule has 0 aliphatic carbocycles. The second-order valence-electron chi connectivity index (χ2n) is 11.3. The van der Waals surface area contributed by atoms with E-state index in [1.165, 1.54) is 22.0 Å². The Hall–Kier alpha value is -5.14. The van der Waals surface area contributed by atoms with Crippen molar-refractivity contribution in [3.05, 3.63) is 116 Å². The molecule has 2 amide bonds. The number of hydrogen-bond donors (Lipinski definition) is 2. The molecule has 0 atom stereocenters. The Morgan fingerprint density at radius 2 is 1.61 bits per heavy atom. The fourth-order valence-electron chi connectivity index (χ4n) is 5.55. The smallest absolute Gasteiger partial charge is 0.337 e. The molecule has 256 valence electrons. The van der Waals surface area contributed by atoms with Crippen molar-refractivity contribution >= 4 is 39.2 Å². The maximum atomic E-state index is 15.0. The van der Waals surface area contributed by atoms with Gasteiger partial charge in [-0.2, -0.15) is 0 Å². The molecule has 5 rings (SSSR count). The number of carbonyl (C=O) groups excluding carboxylic acids is 2. The first-order valence-corrected chi connectivity index (χ1v) is 16.7. The van der Waals surface area contributed by atoms with E-state index in [1.807, 2.05) is 18.9 Å². The second-order valence-corrected chi connectivity index (χ2v) is 12.3. The number of nitrogens with one attached hydrogen (secondary N) is 2. The van der Waals surface area contributed by atoms with E-state index in [-0.39, 0.29) is 40.7 Å². The Labute approximate surface area is 285 Å². The molecule has 3 aromatic carbocycles. The highest BCUT2D eigenvalue weighted by atomic mass is 32.1. The third-order valence-electron chi connectivity index (χ3n) is 7.86. The molecule has 49 heavy (non-hydrogen) atoms. The van der Waals surface area contributed by atoms with E-state index in [2.05, 4.69) is 10.6 Å². The van der Waals surface area contributed by atoms with Gasteiger partial charge < -0.3 is 20.3 Å². The van der Waals surface area contributed by atoms with Crippen molar-refractivity contribution < 1.29 is 23.1 Å². The van der Waals surface area contributed by atoms with Crippen molar-refractivity contribution in [2.45, 2.75) is 39.8 Å². The third-order valence-corrected chi connectivity index (χ3v) is 9.17. The molecular formula is C36H37F2N5O5S. The molecule has 0 saturated carbocycles. The third kappa shape index (κ3) is 7.95. The van der Waals surface area contributed by atoms with Gasteiger partial charge in [0, 0.05) is 35.6 Å². The molecule has 0 aliphatic heterocycles. The first-order valence-electron chi connectivity index (χ1n) is 15.9. The van der Waals surface area contributed by atoms with Crippen LogP contribution in [-0.2, 0) is 22.6 Å². The summed E-state index contributed by atoms with van der Waals surface area (Å²) in [6.45, 7) is 4.62. The summed E-state index contributed by atoms with van der Waals surface area (Å²) in [5.74, 6) is -1.92. The molecule has 0 aliphatic rings. The van der Waals surface area contributed by atoms with Crippen LogP contribution in [0.5, 0.6) is 0 Å². The number of rotatable bonds is 13. The van der Waals surface area contributed by atoms with Gasteiger partial charge >= 0.3 is 17.7 Å². The van der Waals surface area contributed by atoms with Gasteiger partial charge in [0.15, 0.2) is 0 Å². The van der Waals surface area contributed by atoms with Crippen LogP contribution in [0.1, 0.15) is 37.8 Å². The SMILES string of the molecule is CCNC(=O)Nc1ccc(-c2sc3c(c2CN(C)CCCC(=O)OCC)c(=O)n(-c2ccccc2)c(=O)n3Cc2c(F)cccc2F)cc1. The topological polar surface area (TPSA) is 115 Å². The Balaban J connectivity index is 1.71. The highest BCUT2D eigenvalue weighted by Gasteiger charge is 2.25. The molecule has 0 fully saturated rings. The number of nitrogens with zero attached hydrogens (tertiary/aromatic N) is 3. The van der Waals surface area contributed by atoms with Crippen LogP contribution in [0.4, 0.5) is 19.3 Å². The summed E-state index contributed by atoms with van der Waals surface area (Å²) in [5, 5.41) is 5.68. The molecule has 0 saturated heterocycles. The van der Waals surface area contributed by atoms with Crippen LogP contribution in [0.15, 0.2) is 82.4 Å². The van der Waals surface area contributed by atoms with E-state index in [1.54, 1.807) is 61.5 Å². The average Bonchev–Trinajstić information content (AvgIpc) is 3.44. The molecule has 0 unspecified atom stereocenters. The summed E-state index contributed by atoms with van der Waals surface area (Å²) in [5.41, 5.74) is 0.562. The lowest BCUT2D eigenvalue weighted by Crippen LogP contribution is -2.39. The van der Waals surface area contributed by atoms with Crippen LogP contribution in [0.25, 0.3) is 26.3 Å². The number of hydrogen-bond acceptors (Lipinski definition) is 7. The maximum Gasteiger partial charge on any atom is 0.337 e. The van der Waals surface area contributed by atoms with Crippen LogP contribution in [0, 0.1) is 11.6 Å². The van der Waals surface area contributed by atoms with E-state index < -0.39 is 29.4 Å². The molecule has 2 N–H and O–H groups in total. The summed E-state index contributed by atoms with van der Waals surface area (Å²) < 4.78 is 37.3. The summed E-state index contributed by atoms with van der Waals surface area (Å²) in [6.07, 6.45) is 0.739. The predicted octanol–water partition coefficient (Wildman–Crippen LogP) is 6.12. The number of amides is 2. The van der Waals surface area contributed by atoms with Gasteiger partial charge in [-0.05, 0) is 81.4 Å².